The Hall–Kier alpha value is -1.94. The van der Waals surface area contributed by atoms with Gasteiger partial charge in [-0.15, -0.1) is 0 Å². The van der Waals surface area contributed by atoms with E-state index in [0.717, 1.165) is 95.8 Å². The highest BCUT2D eigenvalue weighted by Crippen LogP contribution is 2.45. The molecule has 0 aliphatic heterocycles. The summed E-state index contributed by atoms with van der Waals surface area (Å²) in [7, 11) is -9.90. The van der Waals surface area contributed by atoms with Gasteiger partial charge in [0.15, 0.2) is 12.2 Å². The largest absolute Gasteiger partial charge is 0.472 e. The van der Waals surface area contributed by atoms with E-state index in [1.165, 1.54) is 193 Å². The molecule has 0 aliphatic carbocycles. The molecule has 0 rings (SSSR count). The smallest absolute Gasteiger partial charge is 0.462 e. The molecule has 0 spiro atoms. The van der Waals surface area contributed by atoms with Gasteiger partial charge < -0.3 is 33.8 Å². The summed E-state index contributed by atoms with van der Waals surface area (Å²) in [5.41, 5.74) is 0. The number of ether oxygens (including phenoxy) is 4. The van der Waals surface area contributed by atoms with Crippen LogP contribution >= 0.6 is 15.6 Å². The summed E-state index contributed by atoms with van der Waals surface area (Å²) in [6, 6.07) is 0. The molecular weight excluding hydrogens is 1190 g/mol. The Bertz CT molecular complexity index is 1740. The van der Waals surface area contributed by atoms with E-state index in [-0.39, 0.29) is 25.7 Å². The van der Waals surface area contributed by atoms with E-state index in [9.17, 15) is 43.2 Å². The molecular formula is C71H138O17P2. The number of carbonyl (C=O) groups is 4. The molecule has 0 saturated heterocycles. The fourth-order valence-corrected chi connectivity index (χ4v) is 12.4. The fourth-order valence-electron chi connectivity index (χ4n) is 10.8. The third-order valence-corrected chi connectivity index (χ3v) is 18.4. The standard InChI is InChI=1S/C71H138O17P2/c1-6-9-12-15-18-21-24-25-26-27-28-29-30-37-42-47-52-57-71(76)88-67(61-82-69(74)55-50-45-40-36-32-31-33-38-43-48-53-64(4)5)63-86-90(79,80)84-59-65(72)58-83-89(77,78)85-62-66(87-70(75)56-51-46-41-35-23-20-17-14-11-8-3)60-81-68(73)54-49-44-39-34-22-19-16-13-10-7-2/h64-67,72H,6-63H2,1-5H3,(H,77,78)(H,79,80)/t65-,66+,67+/m0/s1. The number of phosphoric acid groups is 2. The van der Waals surface area contributed by atoms with Gasteiger partial charge >= 0.3 is 39.5 Å². The Morgan fingerprint density at radius 1 is 0.300 bits per heavy atom. The number of phosphoric ester groups is 2. The lowest BCUT2D eigenvalue weighted by Gasteiger charge is -2.21. The number of aliphatic hydroxyl groups excluding tert-OH is 1. The Balaban J connectivity index is 5.22. The molecule has 0 aromatic carbocycles. The van der Waals surface area contributed by atoms with E-state index < -0.39 is 97.5 Å². The van der Waals surface area contributed by atoms with Gasteiger partial charge in [0.2, 0.25) is 0 Å². The molecule has 17 nitrogen and oxygen atoms in total. The van der Waals surface area contributed by atoms with Gasteiger partial charge in [-0.05, 0) is 31.6 Å². The van der Waals surface area contributed by atoms with Crippen molar-refractivity contribution in [1.82, 2.24) is 0 Å². The summed E-state index contributed by atoms with van der Waals surface area (Å²) in [5.74, 6) is -1.36. The van der Waals surface area contributed by atoms with Crippen LogP contribution in [0.5, 0.6) is 0 Å². The average Bonchev–Trinajstić information content (AvgIpc) is 3.29. The molecule has 5 atom stereocenters. The quantitative estimate of drug-likeness (QED) is 0.0222. The highest BCUT2D eigenvalue weighted by atomic mass is 31.2. The third-order valence-electron chi connectivity index (χ3n) is 16.5. The van der Waals surface area contributed by atoms with Crippen molar-refractivity contribution in [3.63, 3.8) is 0 Å². The molecule has 19 heteroatoms. The minimum absolute atomic E-state index is 0.107. The van der Waals surface area contributed by atoms with Crippen molar-refractivity contribution in [2.24, 2.45) is 5.92 Å². The molecule has 0 aromatic heterocycles. The van der Waals surface area contributed by atoms with Gasteiger partial charge in [-0.25, -0.2) is 9.13 Å². The maximum absolute atomic E-state index is 13.0. The van der Waals surface area contributed by atoms with Crippen LogP contribution < -0.4 is 0 Å². The summed E-state index contributed by atoms with van der Waals surface area (Å²) in [6.45, 7) is 7.24. The predicted octanol–water partition coefficient (Wildman–Crippen LogP) is 20.5. The van der Waals surface area contributed by atoms with Crippen LogP contribution in [0.15, 0.2) is 0 Å². The molecule has 0 saturated carbocycles. The molecule has 534 valence electrons. The summed E-state index contributed by atoms with van der Waals surface area (Å²) in [5, 5.41) is 10.6. The van der Waals surface area contributed by atoms with Gasteiger partial charge in [0.05, 0.1) is 26.4 Å². The van der Waals surface area contributed by atoms with Crippen molar-refractivity contribution in [1.29, 1.82) is 0 Å². The van der Waals surface area contributed by atoms with Gasteiger partial charge in [0, 0.05) is 25.7 Å². The van der Waals surface area contributed by atoms with E-state index in [1.807, 2.05) is 0 Å². The second-order valence-electron chi connectivity index (χ2n) is 26.1. The van der Waals surface area contributed by atoms with Gasteiger partial charge in [-0.2, -0.15) is 0 Å². The van der Waals surface area contributed by atoms with Gasteiger partial charge in [0.25, 0.3) is 0 Å². The van der Waals surface area contributed by atoms with E-state index in [1.54, 1.807) is 0 Å². The zero-order valence-electron chi connectivity index (χ0n) is 58.3. The monoisotopic (exact) mass is 1320 g/mol. The Labute approximate surface area is 549 Å². The van der Waals surface area contributed by atoms with Crippen molar-refractivity contribution in [2.45, 2.75) is 387 Å². The first-order chi connectivity index (χ1) is 43.5. The number of hydrogen-bond acceptors (Lipinski definition) is 15. The molecule has 0 amide bonds. The first-order valence-corrected chi connectivity index (χ1v) is 40.1. The summed E-state index contributed by atoms with van der Waals surface area (Å²) >= 11 is 0. The second kappa shape index (κ2) is 64.4. The van der Waals surface area contributed by atoms with Crippen LogP contribution in [-0.4, -0.2) is 96.7 Å². The molecule has 3 N–H and O–H groups in total. The number of esters is 4. The number of hydrogen-bond donors (Lipinski definition) is 3. The SMILES string of the molecule is CCCCCCCCCCCCCCCCCCCC(=O)O[C@H](COC(=O)CCCCCCCCCCCCC(C)C)COP(=O)(O)OC[C@@H](O)COP(=O)(O)OC[C@@H](COC(=O)CCCCCCCCCCCC)OC(=O)CCCCCCCCCCCC. The Kier molecular flexibility index (Phi) is 63.0. The van der Waals surface area contributed by atoms with Crippen molar-refractivity contribution < 1.29 is 80.2 Å². The van der Waals surface area contributed by atoms with Crippen LogP contribution in [0.1, 0.15) is 369 Å². The van der Waals surface area contributed by atoms with Gasteiger partial charge in [-0.1, -0.05) is 317 Å². The lowest BCUT2D eigenvalue weighted by atomic mass is 10.0. The van der Waals surface area contributed by atoms with Crippen molar-refractivity contribution >= 4 is 39.5 Å². The number of unbranched alkanes of at least 4 members (excludes halogenated alkanes) is 43. The maximum Gasteiger partial charge on any atom is 0.472 e. The highest BCUT2D eigenvalue weighted by molar-refractivity contribution is 7.47. The lowest BCUT2D eigenvalue weighted by Crippen LogP contribution is -2.30. The zero-order valence-corrected chi connectivity index (χ0v) is 60.1. The minimum atomic E-state index is -4.95. The second-order valence-corrected chi connectivity index (χ2v) is 29.0. The molecule has 90 heavy (non-hydrogen) atoms. The van der Waals surface area contributed by atoms with Gasteiger partial charge in [0.1, 0.15) is 19.3 Å². The first kappa shape index (κ1) is 88.1. The number of carbonyl (C=O) groups excluding carboxylic acids is 4. The molecule has 0 heterocycles. The van der Waals surface area contributed by atoms with Crippen LogP contribution in [0.2, 0.25) is 0 Å². The minimum Gasteiger partial charge on any atom is -0.462 e. The maximum atomic E-state index is 13.0. The molecule has 2 unspecified atom stereocenters. The van der Waals surface area contributed by atoms with Crippen molar-refractivity contribution in [2.75, 3.05) is 39.6 Å². The molecule has 0 aromatic rings. The fraction of sp³-hybridized carbons (Fsp3) is 0.944. The molecule has 0 radical (unpaired) electrons. The third kappa shape index (κ3) is 64.8. The topological polar surface area (TPSA) is 237 Å². The molecule has 0 aliphatic rings. The van der Waals surface area contributed by atoms with Crippen molar-refractivity contribution in [3.8, 4) is 0 Å². The molecule has 0 bridgehead atoms. The van der Waals surface area contributed by atoms with E-state index >= 15 is 0 Å². The number of aliphatic hydroxyl groups is 1. The first-order valence-electron chi connectivity index (χ1n) is 37.1. The van der Waals surface area contributed by atoms with Crippen LogP contribution in [0.25, 0.3) is 0 Å². The summed E-state index contributed by atoms with van der Waals surface area (Å²) in [6.07, 6.45) is 51.2. The number of rotatable bonds is 71. The normalized spacial score (nSPS) is 14.1. The van der Waals surface area contributed by atoms with E-state index in [0.29, 0.717) is 25.7 Å². The van der Waals surface area contributed by atoms with E-state index in [4.69, 9.17) is 37.0 Å². The predicted molar refractivity (Wildman–Crippen MR) is 363 cm³/mol. The average molecular weight is 1330 g/mol. The van der Waals surface area contributed by atoms with E-state index in [2.05, 4.69) is 34.6 Å². The van der Waals surface area contributed by atoms with Crippen molar-refractivity contribution in [3.05, 3.63) is 0 Å². The van der Waals surface area contributed by atoms with Gasteiger partial charge in [-0.3, -0.25) is 37.3 Å². The molecule has 0 fully saturated rings. The highest BCUT2D eigenvalue weighted by Gasteiger charge is 2.30. The van der Waals surface area contributed by atoms with Crippen LogP contribution in [0.3, 0.4) is 0 Å². The Morgan fingerprint density at radius 3 is 0.756 bits per heavy atom. The summed E-state index contributed by atoms with van der Waals surface area (Å²) < 4.78 is 68.3. The van der Waals surface area contributed by atoms with Crippen LogP contribution in [0.4, 0.5) is 0 Å². The van der Waals surface area contributed by atoms with Crippen LogP contribution in [-0.2, 0) is 65.4 Å². The zero-order chi connectivity index (χ0) is 66.3. The lowest BCUT2D eigenvalue weighted by molar-refractivity contribution is -0.161. The summed E-state index contributed by atoms with van der Waals surface area (Å²) in [4.78, 5) is 72.5. The van der Waals surface area contributed by atoms with Crippen LogP contribution in [0, 0.1) is 5.92 Å². The Morgan fingerprint density at radius 2 is 0.511 bits per heavy atom.